The van der Waals surface area contributed by atoms with E-state index in [1.165, 1.54) is 7.11 Å². The van der Waals surface area contributed by atoms with Crippen LogP contribution in [0.2, 0.25) is 5.02 Å². The van der Waals surface area contributed by atoms with Gasteiger partial charge in [-0.05, 0) is 18.6 Å². The van der Waals surface area contributed by atoms with Gasteiger partial charge in [0.2, 0.25) is 0 Å². The molecule has 0 aliphatic carbocycles. The Morgan fingerprint density at radius 2 is 2.08 bits per heavy atom. The van der Waals surface area contributed by atoms with Crippen LogP contribution >= 0.6 is 11.6 Å². The molecule has 3 heteroatoms. The van der Waals surface area contributed by atoms with Crippen LogP contribution in [0.15, 0.2) is 24.3 Å². The summed E-state index contributed by atoms with van der Waals surface area (Å²) < 4.78 is 4.62. The number of carbonyl (C=O) groups is 1. The number of benzene rings is 1. The molecular formula is C10H11ClO2. The molecule has 0 fully saturated rings. The van der Waals surface area contributed by atoms with Crippen LogP contribution in [-0.4, -0.2) is 13.1 Å². The van der Waals surface area contributed by atoms with Gasteiger partial charge in [0.15, 0.2) is 0 Å². The van der Waals surface area contributed by atoms with Crippen LogP contribution in [0.3, 0.4) is 0 Å². The van der Waals surface area contributed by atoms with Gasteiger partial charge < -0.3 is 4.74 Å². The average Bonchev–Trinajstić information content (AvgIpc) is 2.16. The summed E-state index contributed by atoms with van der Waals surface area (Å²) >= 11 is 5.91. The summed E-state index contributed by atoms with van der Waals surface area (Å²) in [5, 5.41) is 0.598. The molecular weight excluding hydrogens is 188 g/mol. The maximum absolute atomic E-state index is 11.2. The highest BCUT2D eigenvalue weighted by Crippen LogP contribution is 2.24. The standard InChI is InChI=1S/C10H11ClO2/c1-7(10(12)13-2)8-5-3-4-6-9(8)11/h3-7H,1-2H3/t7-/m1/s1. The van der Waals surface area contributed by atoms with E-state index in [2.05, 4.69) is 4.74 Å². The zero-order chi connectivity index (χ0) is 9.84. The summed E-state index contributed by atoms with van der Waals surface area (Å²) in [6.07, 6.45) is 0. The fourth-order valence-corrected chi connectivity index (χ4v) is 1.43. The molecule has 0 unspecified atom stereocenters. The molecule has 2 nitrogen and oxygen atoms in total. The highest BCUT2D eigenvalue weighted by molar-refractivity contribution is 6.31. The highest BCUT2D eigenvalue weighted by Gasteiger charge is 2.17. The molecule has 70 valence electrons. The van der Waals surface area contributed by atoms with Gasteiger partial charge in [0.25, 0.3) is 0 Å². The third-order valence-corrected chi connectivity index (χ3v) is 2.27. The maximum Gasteiger partial charge on any atom is 0.312 e. The highest BCUT2D eigenvalue weighted by atomic mass is 35.5. The van der Waals surface area contributed by atoms with E-state index in [1.54, 1.807) is 13.0 Å². The third-order valence-electron chi connectivity index (χ3n) is 1.93. The normalized spacial score (nSPS) is 12.2. The van der Waals surface area contributed by atoms with Gasteiger partial charge in [-0.2, -0.15) is 0 Å². The molecule has 0 bridgehead atoms. The van der Waals surface area contributed by atoms with Crippen molar-refractivity contribution in [2.45, 2.75) is 12.8 Å². The summed E-state index contributed by atoms with van der Waals surface area (Å²) in [7, 11) is 1.37. The predicted octanol–water partition coefficient (Wildman–Crippen LogP) is 2.62. The Morgan fingerprint density at radius 3 is 2.62 bits per heavy atom. The van der Waals surface area contributed by atoms with Crippen molar-refractivity contribution < 1.29 is 9.53 Å². The quantitative estimate of drug-likeness (QED) is 0.683. The molecule has 1 rings (SSSR count). The van der Waals surface area contributed by atoms with Gasteiger partial charge >= 0.3 is 5.97 Å². The molecule has 0 saturated heterocycles. The zero-order valence-corrected chi connectivity index (χ0v) is 8.34. The van der Waals surface area contributed by atoms with Crippen molar-refractivity contribution >= 4 is 17.6 Å². The maximum atomic E-state index is 11.2. The van der Waals surface area contributed by atoms with Gasteiger partial charge in [-0.25, -0.2) is 0 Å². The van der Waals surface area contributed by atoms with Crippen molar-refractivity contribution in [1.29, 1.82) is 0 Å². The first kappa shape index (κ1) is 10.1. The molecule has 0 heterocycles. The first-order valence-electron chi connectivity index (χ1n) is 3.99. The average molecular weight is 199 g/mol. The molecule has 0 amide bonds. The first-order valence-corrected chi connectivity index (χ1v) is 4.37. The predicted molar refractivity (Wildman–Crippen MR) is 51.9 cm³/mol. The summed E-state index contributed by atoms with van der Waals surface area (Å²) in [5.41, 5.74) is 0.802. The van der Waals surface area contributed by atoms with E-state index in [9.17, 15) is 4.79 Å². The molecule has 1 aromatic carbocycles. The lowest BCUT2D eigenvalue weighted by Crippen LogP contribution is -2.10. The largest absolute Gasteiger partial charge is 0.469 e. The Morgan fingerprint density at radius 1 is 1.46 bits per heavy atom. The van der Waals surface area contributed by atoms with E-state index in [4.69, 9.17) is 11.6 Å². The van der Waals surface area contributed by atoms with Crippen LogP contribution in [-0.2, 0) is 9.53 Å². The number of hydrogen-bond acceptors (Lipinski definition) is 2. The van der Waals surface area contributed by atoms with Gasteiger partial charge in [0.1, 0.15) is 0 Å². The minimum absolute atomic E-state index is 0.270. The molecule has 0 spiro atoms. The lowest BCUT2D eigenvalue weighted by atomic mass is 10.0. The number of rotatable bonds is 2. The van der Waals surface area contributed by atoms with Crippen molar-refractivity contribution in [2.24, 2.45) is 0 Å². The van der Waals surface area contributed by atoms with E-state index < -0.39 is 0 Å². The van der Waals surface area contributed by atoms with Crippen molar-refractivity contribution in [2.75, 3.05) is 7.11 Å². The lowest BCUT2D eigenvalue weighted by molar-refractivity contribution is -0.141. The Kier molecular flexibility index (Phi) is 3.32. The van der Waals surface area contributed by atoms with E-state index in [-0.39, 0.29) is 11.9 Å². The van der Waals surface area contributed by atoms with Crippen LogP contribution in [0, 0.1) is 0 Å². The number of carbonyl (C=O) groups excluding carboxylic acids is 1. The Hall–Kier alpha value is -1.02. The summed E-state index contributed by atoms with van der Waals surface area (Å²) in [6.45, 7) is 1.77. The number of esters is 1. The van der Waals surface area contributed by atoms with Crippen LogP contribution in [0.1, 0.15) is 18.4 Å². The lowest BCUT2D eigenvalue weighted by Gasteiger charge is -2.10. The van der Waals surface area contributed by atoms with E-state index in [0.717, 1.165) is 5.56 Å². The fourth-order valence-electron chi connectivity index (χ4n) is 1.13. The number of ether oxygens (including phenoxy) is 1. The second-order valence-electron chi connectivity index (χ2n) is 2.77. The SMILES string of the molecule is COC(=O)[C@H](C)c1ccccc1Cl. The number of halogens is 1. The Labute approximate surface area is 82.5 Å². The number of methoxy groups -OCH3 is 1. The van der Waals surface area contributed by atoms with Gasteiger partial charge in [-0.1, -0.05) is 29.8 Å². The summed E-state index contributed by atoms with van der Waals surface area (Å²) in [6, 6.07) is 7.26. The van der Waals surface area contributed by atoms with Gasteiger partial charge in [-0.15, -0.1) is 0 Å². The topological polar surface area (TPSA) is 26.3 Å². The molecule has 0 saturated carbocycles. The van der Waals surface area contributed by atoms with Crippen molar-refractivity contribution in [3.8, 4) is 0 Å². The minimum atomic E-state index is -0.307. The molecule has 1 aromatic rings. The Bertz CT molecular complexity index is 310. The number of hydrogen-bond donors (Lipinski definition) is 0. The van der Waals surface area contributed by atoms with Crippen LogP contribution in [0.5, 0.6) is 0 Å². The molecule has 1 atom stereocenters. The minimum Gasteiger partial charge on any atom is -0.469 e. The molecule has 0 radical (unpaired) electrons. The van der Waals surface area contributed by atoms with E-state index >= 15 is 0 Å². The second-order valence-corrected chi connectivity index (χ2v) is 3.17. The van der Waals surface area contributed by atoms with E-state index in [1.807, 2.05) is 18.2 Å². The van der Waals surface area contributed by atoms with Crippen LogP contribution in [0.25, 0.3) is 0 Å². The smallest absolute Gasteiger partial charge is 0.312 e. The fraction of sp³-hybridized carbons (Fsp3) is 0.300. The molecule has 0 N–H and O–H groups in total. The van der Waals surface area contributed by atoms with Crippen molar-refractivity contribution in [3.63, 3.8) is 0 Å². The van der Waals surface area contributed by atoms with E-state index in [0.29, 0.717) is 5.02 Å². The third kappa shape index (κ3) is 2.22. The second kappa shape index (κ2) is 4.28. The van der Waals surface area contributed by atoms with Gasteiger partial charge in [0, 0.05) is 5.02 Å². The molecule has 0 aliphatic rings. The molecule has 0 aromatic heterocycles. The zero-order valence-electron chi connectivity index (χ0n) is 7.58. The molecule has 0 aliphatic heterocycles. The Balaban J connectivity index is 2.95. The van der Waals surface area contributed by atoms with Crippen LogP contribution in [0.4, 0.5) is 0 Å². The van der Waals surface area contributed by atoms with Crippen molar-refractivity contribution in [1.82, 2.24) is 0 Å². The molecule has 13 heavy (non-hydrogen) atoms. The van der Waals surface area contributed by atoms with Gasteiger partial charge in [-0.3, -0.25) is 4.79 Å². The first-order chi connectivity index (χ1) is 6.16. The van der Waals surface area contributed by atoms with Gasteiger partial charge in [0.05, 0.1) is 13.0 Å². The summed E-state index contributed by atoms with van der Waals surface area (Å²) in [5.74, 6) is -0.577. The van der Waals surface area contributed by atoms with Crippen LogP contribution < -0.4 is 0 Å². The monoisotopic (exact) mass is 198 g/mol. The van der Waals surface area contributed by atoms with Crippen molar-refractivity contribution in [3.05, 3.63) is 34.9 Å². The summed E-state index contributed by atoms with van der Waals surface area (Å²) in [4.78, 5) is 11.2.